The molecule has 5 heteroatoms. The van der Waals surface area contributed by atoms with Crippen molar-refractivity contribution in [3.05, 3.63) is 0 Å². The highest BCUT2D eigenvalue weighted by Gasteiger charge is 2.38. The minimum atomic E-state index is -0.836. The van der Waals surface area contributed by atoms with Gasteiger partial charge in [-0.2, -0.15) is 0 Å². The SMILES string of the molecule is CCCC1(C(=O)NCC(CC)C(=O)O)CCNCC1. The number of piperidine rings is 1. The van der Waals surface area contributed by atoms with E-state index in [0.717, 1.165) is 38.8 Å². The molecule has 0 bridgehead atoms. The normalized spacial score (nSPS) is 19.7. The maximum atomic E-state index is 12.4. The van der Waals surface area contributed by atoms with Crippen LogP contribution < -0.4 is 10.6 Å². The fraction of sp³-hybridized carbons (Fsp3) is 0.857. The topological polar surface area (TPSA) is 78.4 Å². The predicted octanol–water partition coefficient (Wildman–Crippen LogP) is 1.38. The molecule has 3 N–H and O–H groups in total. The summed E-state index contributed by atoms with van der Waals surface area (Å²) in [6.45, 7) is 5.89. The van der Waals surface area contributed by atoms with Crippen molar-refractivity contribution in [2.45, 2.75) is 46.0 Å². The summed E-state index contributed by atoms with van der Waals surface area (Å²) in [6, 6.07) is 0. The number of carbonyl (C=O) groups excluding carboxylic acids is 1. The summed E-state index contributed by atoms with van der Waals surface area (Å²) < 4.78 is 0. The molecule has 1 amide bonds. The quantitative estimate of drug-likeness (QED) is 0.653. The zero-order valence-electron chi connectivity index (χ0n) is 12.0. The van der Waals surface area contributed by atoms with Crippen LogP contribution in [-0.4, -0.2) is 36.6 Å². The molecule has 1 rings (SSSR count). The first kappa shape index (κ1) is 16.0. The standard InChI is InChI=1S/C14H26N2O3/c1-3-5-14(6-8-15-9-7-14)13(19)16-10-11(4-2)12(17)18/h11,15H,3-10H2,1-2H3,(H,16,19)(H,17,18). The Hall–Kier alpha value is -1.10. The second kappa shape index (κ2) is 7.48. The van der Waals surface area contributed by atoms with Gasteiger partial charge >= 0.3 is 5.97 Å². The van der Waals surface area contributed by atoms with Gasteiger partial charge in [-0.15, -0.1) is 0 Å². The van der Waals surface area contributed by atoms with Crippen LogP contribution in [0.4, 0.5) is 0 Å². The monoisotopic (exact) mass is 270 g/mol. The molecule has 0 aliphatic carbocycles. The number of nitrogens with one attached hydrogen (secondary N) is 2. The highest BCUT2D eigenvalue weighted by atomic mass is 16.4. The fourth-order valence-electron chi connectivity index (χ4n) is 2.78. The lowest BCUT2D eigenvalue weighted by molar-refractivity contribution is -0.142. The highest BCUT2D eigenvalue weighted by molar-refractivity contribution is 5.83. The zero-order chi connectivity index (χ0) is 14.3. The van der Waals surface area contributed by atoms with E-state index in [0.29, 0.717) is 6.42 Å². The van der Waals surface area contributed by atoms with Crippen molar-refractivity contribution in [2.24, 2.45) is 11.3 Å². The van der Waals surface area contributed by atoms with Crippen LogP contribution in [0.5, 0.6) is 0 Å². The van der Waals surface area contributed by atoms with Crippen molar-refractivity contribution >= 4 is 11.9 Å². The molecule has 0 spiro atoms. The Morgan fingerprint density at radius 3 is 2.42 bits per heavy atom. The van der Waals surface area contributed by atoms with Crippen LogP contribution in [0.2, 0.25) is 0 Å². The number of hydrogen-bond acceptors (Lipinski definition) is 3. The number of carbonyl (C=O) groups is 2. The van der Waals surface area contributed by atoms with Gasteiger partial charge in [0.15, 0.2) is 0 Å². The molecular formula is C14H26N2O3. The molecule has 1 unspecified atom stereocenters. The summed E-state index contributed by atoms with van der Waals surface area (Å²) in [5.41, 5.74) is -0.295. The first-order chi connectivity index (χ1) is 9.05. The van der Waals surface area contributed by atoms with Gasteiger partial charge < -0.3 is 15.7 Å². The third-order valence-electron chi connectivity index (χ3n) is 4.12. The van der Waals surface area contributed by atoms with Crippen molar-refractivity contribution in [3.63, 3.8) is 0 Å². The van der Waals surface area contributed by atoms with Gasteiger partial charge in [0.2, 0.25) is 5.91 Å². The van der Waals surface area contributed by atoms with E-state index in [1.807, 2.05) is 6.92 Å². The third-order valence-corrected chi connectivity index (χ3v) is 4.12. The van der Waals surface area contributed by atoms with E-state index < -0.39 is 11.9 Å². The summed E-state index contributed by atoms with van der Waals surface area (Å²) >= 11 is 0. The van der Waals surface area contributed by atoms with Gasteiger partial charge in [0.1, 0.15) is 0 Å². The number of amides is 1. The van der Waals surface area contributed by atoms with E-state index in [-0.39, 0.29) is 17.9 Å². The smallest absolute Gasteiger partial charge is 0.308 e. The second-order valence-corrected chi connectivity index (χ2v) is 5.43. The molecule has 5 nitrogen and oxygen atoms in total. The molecule has 1 fully saturated rings. The minimum Gasteiger partial charge on any atom is -0.481 e. The van der Waals surface area contributed by atoms with Gasteiger partial charge in [-0.3, -0.25) is 9.59 Å². The molecule has 1 heterocycles. The van der Waals surface area contributed by atoms with E-state index >= 15 is 0 Å². The van der Waals surface area contributed by atoms with E-state index in [2.05, 4.69) is 17.6 Å². The van der Waals surface area contributed by atoms with Gasteiger partial charge in [0.05, 0.1) is 11.3 Å². The van der Waals surface area contributed by atoms with Crippen LogP contribution in [0.25, 0.3) is 0 Å². The fourth-order valence-corrected chi connectivity index (χ4v) is 2.78. The van der Waals surface area contributed by atoms with Gasteiger partial charge in [-0.25, -0.2) is 0 Å². The van der Waals surface area contributed by atoms with E-state index in [4.69, 9.17) is 5.11 Å². The minimum absolute atomic E-state index is 0.0375. The van der Waals surface area contributed by atoms with Crippen LogP contribution in [0.3, 0.4) is 0 Å². The van der Waals surface area contributed by atoms with Crippen molar-refractivity contribution in [1.29, 1.82) is 0 Å². The molecule has 0 saturated carbocycles. The molecular weight excluding hydrogens is 244 g/mol. The Bertz CT molecular complexity index is 306. The first-order valence-corrected chi connectivity index (χ1v) is 7.27. The highest BCUT2D eigenvalue weighted by Crippen LogP contribution is 2.34. The van der Waals surface area contributed by atoms with Gasteiger partial charge in [-0.05, 0) is 38.8 Å². The Balaban J connectivity index is 2.59. The Morgan fingerprint density at radius 1 is 1.32 bits per heavy atom. The number of carboxylic acid groups (broad SMARTS) is 1. The van der Waals surface area contributed by atoms with Gasteiger partial charge in [0, 0.05) is 6.54 Å². The van der Waals surface area contributed by atoms with E-state index in [9.17, 15) is 9.59 Å². The lowest BCUT2D eigenvalue weighted by Gasteiger charge is -2.36. The summed E-state index contributed by atoms with van der Waals surface area (Å²) in [6.07, 6.45) is 4.08. The number of aliphatic carboxylic acids is 1. The molecule has 19 heavy (non-hydrogen) atoms. The molecule has 0 aromatic carbocycles. The second-order valence-electron chi connectivity index (χ2n) is 5.43. The molecule has 0 radical (unpaired) electrons. The lowest BCUT2D eigenvalue weighted by Crippen LogP contribution is -2.49. The van der Waals surface area contributed by atoms with Gasteiger partial charge in [-0.1, -0.05) is 20.3 Å². The summed E-state index contributed by atoms with van der Waals surface area (Å²) in [7, 11) is 0. The summed E-state index contributed by atoms with van der Waals surface area (Å²) in [5, 5.41) is 15.1. The Morgan fingerprint density at radius 2 is 1.95 bits per heavy atom. The Kier molecular flexibility index (Phi) is 6.28. The van der Waals surface area contributed by atoms with E-state index in [1.165, 1.54) is 0 Å². The van der Waals surface area contributed by atoms with Crippen LogP contribution in [0.1, 0.15) is 46.0 Å². The molecule has 1 aliphatic rings. The first-order valence-electron chi connectivity index (χ1n) is 7.27. The van der Waals surface area contributed by atoms with Gasteiger partial charge in [0.25, 0.3) is 0 Å². The molecule has 1 saturated heterocycles. The average molecular weight is 270 g/mol. The van der Waals surface area contributed by atoms with E-state index in [1.54, 1.807) is 0 Å². The number of hydrogen-bond donors (Lipinski definition) is 3. The average Bonchev–Trinajstić information content (AvgIpc) is 2.40. The summed E-state index contributed by atoms with van der Waals surface area (Å²) in [5.74, 6) is -1.28. The maximum absolute atomic E-state index is 12.4. The molecule has 1 atom stereocenters. The lowest BCUT2D eigenvalue weighted by atomic mass is 9.74. The Labute approximate surface area is 115 Å². The third kappa shape index (κ3) is 4.20. The molecule has 0 aromatic rings. The number of rotatable bonds is 7. The van der Waals surface area contributed by atoms with Crippen LogP contribution in [0, 0.1) is 11.3 Å². The largest absolute Gasteiger partial charge is 0.481 e. The predicted molar refractivity (Wildman–Crippen MR) is 73.9 cm³/mol. The van der Waals surface area contributed by atoms with Crippen molar-refractivity contribution < 1.29 is 14.7 Å². The van der Waals surface area contributed by atoms with Crippen LogP contribution in [0.15, 0.2) is 0 Å². The number of carboxylic acids is 1. The molecule has 110 valence electrons. The van der Waals surface area contributed by atoms with Crippen molar-refractivity contribution in [3.8, 4) is 0 Å². The zero-order valence-corrected chi connectivity index (χ0v) is 12.0. The maximum Gasteiger partial charge on any atom is 0.308 e. The van der Waals surface area contributed by atoms with Crippen molar-refractivity contribution in [1.82, 2.24) is 10.6 Å². The van der Waals surface area contributed by atoms with Crippen molar-refractivity contribution in [2.75, 3.05) is 19.6 Å². The summed E-state index contributed by atoms with van der Waals surface area (Å²) in [4.78, 5) is 23.4. The molecule has 1 aliphatic heterocycles. The van der Waals surface area contributed by atoms with Crippen LogP contribution in [-0.2, 0) is 9.59 Å². The van der Waals surface area contributed by atoms with Crippen LogP contribution >= 0.6 is 0 Å². The molecule has 0 aromatic heterocycles.